The molecule has 0 amide bonds. The molecule has 1 heterocycles. The van der Waals surface area contributed by atoms with Gasteiger partial charge in [0.15, 0.2) is 5.28 Å². The quantitative estimate of drug-likeness (QED) is 0.130. The van der Waals surface area contributed by atoms with Crippen molar-refractivity contribution < 1.29 is 4.92 Å². The lowest BCUT2D eigenvalue weighted by Gasteiger charge is -2.27. The number of rotatable bonds is 18. The van der Waals surface area contributed by atoms with Crippen molar-refractivity contribution in [2.24, 2.45) is 0 Å². The zero-order chi connectivity index (χ0) is 24.7. The van der Waals surface area contributed by atoms with Crippen LogP contribution in [0.15, 0.2) is 30.5 Å². The fourth-order valence-electron chi connectivity index (χ4n) is 4.72. The van der Waals surface area contributed by atoms with Gasteiger partial charge in [0.1, 0.15) is 0 Å². The smallest absolute Gasteiger partial charge is 0.274 e. The van der Waals surface area contributed by atoms with Gasteiger partial charge in [-0.3, -0.25) is 10.1 Å². The summed E-state index contributed by atoms with van der Waals surface area (Å²) in [4.78, 5) is 18.4. The van der Waals surface area contributed by atoms with Crippen LogP contribution in [-0.4, -0.2) is 14.9 Å². The fraction of sp³-hybridized carbons (Fsp3) is 0.630. The highest BCUT2D eigenvalue weighted by molar-refractivity contribution is 6.28. The van der Waals surface area contributed by atoms with Crippen LogP contribution in [-0.2, 0) is 11.8 Å². The Hall–Kier alpha value is -2.39. The maximum atomic E-state index is 11.7. The van der Waals surface area contributed by atoms with E-state index in [1.54, 1.807) is 18.3 Å². The number of nitro benzene ring substituents is 1. The Morgan fingerprint density at radius 3 is 2.15 bits per heavy atom. The van der Waals surface area contributed by atoms with Crippen molar-refractivity contribution in [2.45, 2.75) is 109 Å². The monoisotopic (exact) mass is 486 g/mol. The largest absolute Gasteiger partial charge is 0.333 e. The van der Waals surface area contributed by atoms with Crippen molar-refractivity contribution >= 4 is 17.3 Å². The lowest BCUT2D eigenvalue weighted by molar-refractivity contribution is -0.386. The first kappa shape index (κ1) is 27.9. The molecule has 0 saturated carbocycles. The molecule has 186 valence electrons. The number of H-pyrrole nitrogens is 1. The van der Waals surface area contributed by atoms with Crippen LogP contribution in [0, 0.1) is 21.4 Å². The van der Waals surface area contributed by atoms with E-state index in [2.05, 4.69) is 23.0 Å². The number of halogens is 1. The summed E-state index contributed by atoms with van der Waals surface area (Å²) in [5.74, 6) is 0. The molecule has 0 fully saturated rings. The van der Waals surface area contributed by atoms with Crippen molar-refractivity contribution in [2.75, 3.05) is 0 Å². The molecule has 2 aromatic rings. The second kappa shape index (κ2) is 15.5. The summed E-state index contributed by atoms with van der Waals surface area (Å²) in [6, 6.07) is 9.37. The van der Waals surface area contributed by atoms with Gasteiger partial charge in [0.2, 0.25) is 0 Å². The number of nitro groups is 1. The number of nitrogens with zero attached hydrogens (tertiary/aromatic N) is 3. The lowest BCUT2D eigenvalue weighted by Crippen LogP contribution is -2.25. The minimum Gasteiger partial charge on any atom is -0.333 e. The van der Waals surface area contributed by atoms with E-state index in [1.807, 2.05) is 6.07 Å². The molecule has 6 nitrogen and oxygen atoms in total. The minimum atomic E-state index is -0.792. The van der Waals surface area contributed by atoms with E-state index in [1.165, 1.54) is 38.2 Å². The summed E-state index contributed by atoms with van der Waals surface area (Å²) in [7, 11) is 0. The van der Waals surface area contributed by atoms with Crippen LogP contribution >= 0.6 is 11.6 Å². The molecule has 0 aliphatic heterocycles. The molecule has 0 aliphatic carbocycles. The minimum absolute atomic E-state index is 0.0743. The number of para-hydroxylation sites is 1. The molecule has 7 heteroatoms. The van der Waals surface area contributed by atoms with E-state index < -0.39 is 5.41 Å². The summed E-state index contributed by atoms with van der Waals surface area (Å²) in [5, 5.41) is 22.4. The number of hydrogen-bond donors (Lipinski definition) is 1. The first-order chi connectivity index (χ1) is 16.5. The third kappa shape index (κ3) is 9.10. The average molecular weight is 487 g/mol. The molecular weight excluding hydrogens is 448 g/mol. The second-order valence-corrected chi connectivity index (χ2v) is 9.66. The standard InChI is InChI=1S/C27H39ClN4O2/c1-2-3-4-5-6-9-14-19-27(22-29,24-17-12-13-18-25(24)32(33)34)20-15-10-7-8-11-16-23-21-30-26(28)31-23/h12-13,17-18,21H,2-11,14-16,19-20H2,1H3,(H,30,31). The van der Waals surface area contributed by atoms with Crippen LogP contribution in [0.25, 0.3) is 0 Å². The molecule has 1 aromatic heterocycles. The Morgan fingerprint density at radius 1 is 1.00 bits per heavy atom. The van der Waals surface area contributed by atoms with Gasteiger partial charge >= 0.3 is 0 Å². The molecule has 0 bridgehead atoms. The first-order valence-corrected chi connectivity index (χ1v) is 13.2. The maximum absolute atomic E-state index is 11.7. The van der Waals surface area contributed by atoms with Crippen molar-refractivity contribution in [3.63, 3.8) is 0 Å². The normalized spacial score (nSPS) is 12.9. The number of aryl methyl sites for hydroxylation is 1. The van der Waals surface area contributed by atoms with Gasteiger partial charge in [-0.05, 0) is 37.3 Å². The third-order valence-corrected chi connectivity index (χ3v) is 6.88. The van der Waals surface area contributed by atoms with Crippen LogP contribution in [0.1, 0.15) is 108 Å². The lowest BCUT2D eigenvalue weighted by atomic mass is 9.73. The zero-order valence-corrected chi connectivity index (χ0v) is 21.3. The van der Waals surface area contributed by atoms with E-state index in [4.69, 9.17) is 11.6 Å². The molecule has 1 unspecified atom stereocenters. The fourth-order valence-corrected chi connectivity index (χ4v) is 4.89. The molecule has 1 aromatic carbocycles. The zero-order valence-electron chi connectivity index (χ0n) is 20.5. The predicted octanol–water partition coefficient (Wildman–Crippen LogP) is 8.46. The molecule has 0 spiro atoms. The maximum Gasteiger partial charge on any atom is 0.274 e. The molecule has 2 rings (SSSR count). The highest BCUT2D eigenvalue weighted by Crippen LogP contribution is 2.40. The molecular formula is C27H39ClN4O2. The van der Waals surface area contributed by atoms with E-state index in [0.717, 1.165) is 57.1 Å². The number of nitrogens with one attached hydrogen (secondary N) is 1. The Bertz CT molecular complexity index is 908. The number of unbranched alkanes of at least 4 members (excludes halogenated alkanes) is 10. The van der Waals surface area contributed by atoms with Gasteiger partial charge in [-0.2, -0.15) is 5.26 Å². The van der Waals surface area contributed by atoms with E-state index in [-0.39, 0.29) is 10.6 Å². The summed E-state index contributed by atoms with van der Waals surface area (Å²) >= 11 is 5.82. The molecule has 0 aliphatic rings. The summed E-state index contributed by atoms with van der Waals surface area (Å²) in [6.45, 7) is 2.21. The van der Waals surface area contributed by atoms with Crippen LogP contribution < -0.4 is 0 Å². The van der Waals surface area contributed by atoms with Gasteiger partial charge in [0, 0.05) is 18.0 Å². The SMILES string of the molecule is CCCCCCCCCC(C#N)(CCCCCCCc1cnc(Cl)[nH]1)c1ccccc1[N+](=O)[O-]. The molecule has 34 heavy (non-hydrogen) atoms. The van der Waals surface area contributed by atoms with Crippen LogP contribution in [0.4, 0.5) is 5.69 Å². The topological polar surface area (TPSA) is 95.6 Å². The van der Waals surface area contributed by atoms with Crippen molar-refractivity contribution in [1.82, 2.24) is 9.97 Å². The molecule has 1 atom stereocenters. The van der Waals surface area contributed by atoms with Gasteiger partial charge in [0.25, 0.3) is 5.69 Å². The first-order valence-electron chi connectivity index (χ1n) is 12.9. The highest BCUT2D eigenvalue weighted by atomic mass is 35.5. The van der Waals surface area contributed by atoms with E-state index in [9.17, 15) is 15.4 Å². The van der Waals surface area contributed by atoms with Crippen LogP contribution in [0.2, 0.25) is 5.28 Å². The van der Waals surface area contributed by atoms with Gasteiger partial charge in [-0.1, -0.05) is 95.8 Å². The molecule has 0 radical (unpaired) electrons. The number of benzene rings is 1. The van der Waals surface area contributed by atoms with Gasteiger partial charge in [-0.15, -0.1) is 0 Å². The van der Waals surface area contributed by atoms with E-state index >= 15 is 0 Å². The number of hydrogen-bond acceptors (Lipinski definition) is 4. The van der Waals surface area contributed by atoms with Crippen molar-refractivity contribution in [1.29, 1.82) is 5.26 Å². The third-order valence-electron chi connectivity index (χ3n) is 6.68. The summed E-state index contributed by atoms with van der Waals surface area (Å²) in [6.07, 6.45) is 17.4. The van der Waals surface area contributed by atoms with E-state index in [0.29, 0.717) is 23.7 Å². The Kier molecular flexibility index (Phi) is 12.7. The molecule has 0 saturated heterocycles. The number of aromatic amines is 1. The Balaban J connectivity index is 1.91. The van der Waals surface area contributed by atoms with Gasteiger partial charge in [0.05, 0.1) is 22.0 Å². The van der Waals surface area contributed by atoms with Gasteiger partial charge < -0.3 is 4.98 Å². The summed E-state index contributed by atoms with van der Waals surface area (Å²) in [5.41, 5.74) is 0.925. The molecule has 1 N–H and O–H groups in total. The number of nitriles is 1. The van der Waals surface area contributed by atoms with Crippen LogP contribution in [0.5, 0.6) is 0 Å². The van der Waals surface area contributed by atoms with Crippen LogP contribution in [0.3, 0.4) is 0 Å². The van der Waals surface area contributed by atoms with Crippen molar-refractivity contribution in [3.05, 3.63) is 57.1 Å². The van der Waals surface area contributed by atoms with Crippen molar-refractivity contribution in [3.8, 4) is 6.07 Å². The number of imidazole rings is 1. The Morgan fingerprint density at radius 2 is 1.59 bits per heavy atom. The Labute approximate surface area is 209 Å². The predicted molar refractivity (Wildman–Crippen MR) is 138 cm³/mol. The average Bonchev–Trinajstić information content (AvgIpc) is 3.26. The second-order valence-electron chi connectivity index (χ2n) is 9.31. The van der Waals surface area contributed by atoms with Gasteiger partial charge in [-0.25, -0.2) is 4.98 Å². The summed E-state index contributed by atoms with van der Waals surface area (Å²) < 4.78 is 0. The highest BCUT2D eigenvalue weighted by Gasteiger charge is 2.36. The number of aromatic nitrogens is 2.